The quantitative estimate of drug-likeness (QED) is 0.440. The number of carbonyl (C=O) groups excluding carboxylic acids is 1. The molecule has 0 bridgehead atoms. The second-order valence-corrected chi connectivity index (χ2v) is 8.09. The predicted molar refractivity (Wildman–Crippen MR) is 131 cm³/mol. The number of rotatable bonds is 9. The average Bonchev–Trinajstić information content (AvgIpc) is 3.02. The van der Waals surface area contributed by atoms with E-state index in [1.165, 1.54) is 23.9 Å². The van der Waals surface area contributed by atoms with Crippen molar-refractivity contribution in [3.8, 4) is 0 Å². The Labute approximate surface area is 195 Å². The van der Waals surface area contributed by atoms with Crippen molar-refractivity contribution in [2.45, 2.75) is 26.7 Å². The molecule has 174 valence electrons. The molecule has 6 nitrogen and oxygen atoms in total. The van der Waals surface area contributed by atoms with E-state index in [1.54, 1.807) is 18.3 Å². The molecule has 3 rings (SSSR count). The summed E-state index contributed by atoms with van der Waals surface area (Å²) >= 11 is 0. The van der Waals surface area contributed by atoms with Gasteiger partial charge in [-0.05, 0) is 43.1 Å². The van der Waals surface area contributed by atoms with Crippen LogP contribution in [0.15, 0.2) is 94.4 Å². The third kappa shape index (κ3) is 6.97. The minimum absolute atomic E-state index is 0.167. The van der Waals surface area contributed by atoms with E-state index in [0.29, 0.717) is 25.4 Å². The Kier molecular flexibility index (Phi) is 8.70. The van der Waals surface area contributed by atoms with Gasteiger partial charge in [-0.1, -0.05) is 42.9 Å². The Morgan fingerprint density at radius 3 is 2.73 bits per heavy atom. The Morgan fingerprint density at radius 1 is 1.24 bits per heavy atom. The molecule has 33 heavy (non-hydrogen) atoms. The van der Waals surface area contributed by atoms with Crippen molar-refractivity contribution in [3.05, 3.63) is 106 Å². The number of nitrogens with one attached hydrogen (secondary N) is 1. The van der Waals surface area contributed by atoms with E-state index in [9.17, 15) is 9.59 Å². The Hall–Kier alpha value is -3.54. The van der Waals surface area contributed by atoms with Crippen LogP contribution in [0.25, 0.3) is 0 Å². The van der Waals surface area contributed by atoms with E-state index in [1.807, 2.05) is 25.2 Å². The highest BCUT2D eigenvalue weighted by Crippen LogP contribution is 2.27. The summed E-state index contributed by atoms with van der Waals surface area (Å²) in [5.41, 5.74) is 3.69. The summed E-state index contributed by atoms with van der Waals surface area (Å²) < 4.78 is 11.0. The summed E-state index contributed by atoms with van der Waals surface area (Å²) in [4.78, 5) is 28.7. The molecule has 2 aliphatic rings. The van der Waals surface area contributed by atoms with Crippen molar-refractivity contribution in [1.29, 1.82) is 0 Å². The molecule has 1 saturated heterocycles. The lowest BCUT2D eigenvalue weighted by Crippen LogP contribution is -2.50. The summed E-state index contributed by atoms with van der Waals surface area (Å²) in [5, 5.41) is 0. The van der Waals surface area contributed by atoms with E-state index in [4.69, 9.17) is 9.47 Å². The first kappa shape index (κ1) is 24.1. The van der Waals surface area contributed by atoms with Gasteiger partial charge >= 0.3 is 0 Å². The van der Waals surface area contributed by atoms with E-state index >= 15 is 0 Å². The number of ether oxygens (including phenoxy) is 2. The fourth-order valence-electron chi connectivity index (χ4n) is 3.62. The summed E-state index contributed by atoms with van der Waals surface area (Å²) in [6.07, 6.45) is 19.7. The number of hydrogen-bond acceptors (Lipinski definition) is 4. The summed E-state index contributed by atoms with van der Waals surface area (Å²) in [6, 6.07) is 2.73. The van der Waals surface area contributed by atoms with Gasteiger partial charge in [0.15, 0.2) is 5.43 Å². The maximum Gasteiger partial charge on any atom is 0.270 e. The first-order valence-corrected chi connectivity index (χ1v) is 11.2. The van der Waals surface area contributed by atoms with Crippen LogP contribution in [0.2, 0.25) is 0 Å². The molecule has 0 atom stereocenters. The molecule has 0 unspecified atom stereocenters. The highest BCUT2D eigenvalue weighted by molar-refractivity contribution is 5.92. The van der Waals surface area contributed by atoms with Gasteiger partial charge < -0.3 is 19.4 Å². The summed E-state index contributed by atoms with van der Waals surface area (Å²) in [7, 11) is 1.64. The van der Waals surface area contributed by atoms with Gasteiger partial charge in [0.1, 0.15) is 12.3 Å². The summed E-state index contributed by atoms with van der Waals surface area (Å²) in [5.74, 6) is 0.811. The standard InChI is InChI=1S/C27H32N2O4/c1-4-21-7-5-8-22(11-10-21)19-33-14-6-9-23(15-20(2)32-3)24-17-29(18-24)27(31)26-16-25(30)12-13-28-26/h6-16,24H,4-5,17-19H2,1-3H3,(H,28,30)/b14-6+,20-15+,23-9+. The highest BCUT2D eigenvalue weighted by Gasteiger charge is 2.33. The molecule has 1 aliphatic heterocycles. The van der Waals surface area contributed by atoms with Crippen LogP contribution in [0.3, 0.4) is 0 Å². The molecule has 0 spiro atoms. The molecule has 6 heteroatoms. The molecule has 1 aromatic heterocycles. The Balaban J connectivity index is 1.57. The van der Waals surface area contributed by atoms with Crippen molar-refractivity contribution in [1.82, 2.24) is 9.88 Å². The molecule has 0 saturated carbocycles. The molecule has 1 amide bonds. The van der Waals surface area contributed by atoms with Crippen LogP contribution >= 0.6 is 0 Å². The van der Waals surface area contributed by atoms with Crippen LogP contribution in [0.4, 0.5) is 0 Å². The smallest absolute Gasteiger partial charge is 0.270 e. The van der Waals surface area contributed by atoms with Gasteiger partial charge in [-0.25, -0.2) is 0 Å². The SMILES string of the molecule is CCC1=CCC=C(CO/C=C/C=C(\C=C(/C)OC)C2CN(C(=O)c3cc(=O)cc[nH]3)C2)C=C1. The maximum absolute atomic E-state index is 12.6. The lowest BCUT2D eigenvalue weighted by Gasteiger charge is -2.40. The average molecular weight is 449 g/mol. The number of allylic oxidation sites excluding steroid dienone is 8. The van der Waals surface area contributed by atoms with Gasteiger partial charge in [0, 0.05) is 37.3 Å². The number of nitrogens with zero attached hydrogens (tertiary/aromatic N) is 1. The van der Waals surface area contributed by atoms with E-state index in [2.05, 4.69) is 36.2 Å². The van der Waals surface area contributed by atoms with Gasteiger partial charge in [0.05, 0.1) is 19.1 Å². The highest BCUT2D eigenvalue weighted by atomic mass is 16.5. The van der Waals surface area contributed by atoms with Crippen LogP contribution < -0.4 is 5.43 Å². The van der Waals surface area contributed by atoms with Gasteiger partial charge in [0.25, 0.3) is 5.91 Å². The van der Waals surface area contributed by atoms with E-state index < -0.39 is 0 Å². The Morgan fingerprint density at radius 2 is 2.00 bits per heavy atom. The van der Waals surface area contributed by atoms with Gasteiger partial charge in [-0.3, -0.25) is 9.59 Å². The number of aromatic nitrogens is 1. The molecular weight excluding hydrogens is 416 g/mol. The van der Waals surface area contributed by atoms with Crippen molar-refractivity contribution in [3.63, 3.8) is 0 Å². The molecule has 1 N–H and O–H groups in total. The number of H-pyrrole nitrogens is 1. The van der Waals surface area contributed by atoms with Crippen LogP contribution in [0.1, 0.15) is 37.2 Å². The van der Waals surface area contributed by atoms with Crippen molar-refractivity contribution in [2.75, 3.05) is 26.8 Å². The van der Waals surface area contributed by atoms with Crippen molar-refractivity contribution >= 4 is 5.91 Å². The first-order chi connectivity index (χ1) is 16.0. The first-order valence-electron chi connectivity index (χ1n) is 11.2. The van der Waals surface area contributed by atoms with Crippen LogP contribution in [0.5, 0.6) is 0 Å². The second kappa shape index (κ2) is 11.9. The molecule has 0 radical (unpaired) electrons. The number of pyridine rings is 1. The zero-order valence-corrected chi connectivity index (χ0v) is 19.5. The monoisotopic (exact) mass is 448 g/mol. The largest absolute Gasteiger partial charge is 0.501 e. The topological polar surface area (TPSA) is 71.6 Å². The number of methoxy groups -OCH3 is 1. The fraction of sp³-hybridized carbons (Fsp3) is 0.333. The van der Waals surface area contributed by atoms with Gasteiger partial charge in [-0.15, -0.1) is 0 Å². The number of hydrogen-bond donors (Lipinski definition) is 1. The number of likely N-dealkylation sites (tertiary alicyclic amines) is 1. The maximum atomic E-state index is 12.6. The fourth-order valence-corrected chi connectivity index (χ4v) is 3.62. The Bertz CT molecular complexity index is 1080. The number of carbonyl (C=O) groups is 1. The molecule has 1 aromatic rings. The molecule has 0 aromatic carbocycles. The number of aromatic amines is 1. The second-order valence-electron chi connectivity index (χ2n) is 8.09. The van der Waals surface area contributed by atoms with Crippen molar-refractivity contribution in [2.24, 2.45) is 5.92 Å². The third-order valence-corrected chi connectivity index (χ3v) is 5.73. The predicted octanol–water partition coefficient (Wildman–Crippen LogP) is 4.68. The molecule has 2 heterocycles. The van der Waals surface area contributed by atoms with Crippen LogP contribution in [-0.2, 0) is 9.47 Å². The van der Waals surface area contributed by atoms with E-state index in [0.717, 1.165) is 29.7 Å². The lowest BCUT2D eigenvalue weighted by atomic mass is 9.90. The zero-order valence-electron chi connectivity index (χ0n) is 19.5. The third-order valence-electron chi connectivity index (χ3n) is 5.73. The van der Waals surface area contributed by atoms with Gasteiger partial charge in [0.2, 0.25) is 0 Å². The zero-order chi connectivity index (χ0) is 23.6. The van der Waals surface area contributed by atoms with Crippen LogP contribution in [0, 0.1) is 5.92 Å². The normalized spacial score (nSPS) is 17.4. The lowest BCUT2D eigenvalue weighted by molar-refractivity contribution is 0.0552. The minimum Gasteiger partial charge on any atom is -0.501 e. The van der Waals surface area contributed by atoms with E-state index in [-0.39, 0.29) is 17.3 Å². The molecule has 1 aliphatic carbocycles. The minimum atomic E-state index is -0.185. The summed E-state index contributed by atoms with van der Waals surface area (Å²) in [6.45, 7) is 5.73. The van der Waals surface area contributed by atoms with Crippen LogP contribution in [-0.4, -0.2) is 42.6 Å². The van der Waals surface area contributed by atoms with Crippen molar-refractivity contribution < 1.29 is 14.3 Å². The number of amides is 1. The molecular formula is C27H32N2O4. The molecule has 1 fully saturated rings. The van der Waals surface area contributed by atoms with Gasteiger partial charge in [-0.2, -0.15) is 0 Å².